The first kappa shape index (κ1) is 53.5. The maximum Gasteiger partial charge on any atom is 0.326 e. The van der Waals surface area contributed by atoms with Crippen molar-refractivity contribution in [2.45, 2.75) is 143 Å². The summed E-state index contributed by atoms with van der Waals surface area (Å²) in [4.78, 5) is 87.0. The number of carboxylic acid groups (broad SMARTS) is 1. The van der Waals surface area contributed by atoms with Gasteiger partial charge >= 0.3 is 11.9 Å². The number of likely N-dealkylation sites (tertiary alicyclic amines) is 1. The minimum Gasteiger partial charge on any atom is -0.480 e. The SMILES string of the molecule is CC[C@H](C)C([C@@H](CC(=O)N1CCCC1[C@H](OC)[C@@H](C)C(=O)N[C@@H](Cc1ccccc1)C(=O)O)OC)N(C)C(=O)[C@@H](NC(=O)[C@H](C(C)C)N(C)C(C)C(=O)OCc1ccccc1)C(C)C. The lowest BCUT2D eigenvalue weighted by molar-refractivity contribution is -0.153. The fraction of sp³-hybridized carbons (Fsp3) is 0.633. The van der Waals surface area contributed by atoms with Crippen molar-refractivity contribution in [1.82, 2.24) is 25.3 Å². The molecule has 4 amide bonds. The number of rotatable bonds is 25. The zero-order valence-corrected chi connectivity index (χ0v) is 40.1. The van der Waals surface area contributed by atoms with Gasteiger partial charge in [0.15, 0.2) is 0 Å². The molecule has 0 bridgehead atoms. The Morgan fingerprint density at radius 2 is 1.41 bits per heavy atom. The van der Waals surface area contributed by atoms with Crippen LogP contribution >= 0.6 is 0 Å². The molecule has 10 atom stereocenters. The van der Waals surface area contributed by atoms with E-state index in [4.69, 9.17) is 14.2 Å². The molecule has 2 aromatic rings. The van der Waals surface area contributed by atoms with Gasteiger partial charge in [-0.3, -0.25) is 28.9 Å². The van der Waals surface area contributed by atoms with Crippen LogP contribution in [0.25, 0.3) is 0 Å². The standard InChI is InChI=1S/C49H75N5O10/c1-13-32(6)43(53(10)47(58)41(30(2)3)51-46(57)42(31(4)5)52(9)34(8)49(61)64-29-36-23-18-15-19-24-36)39(62-11)28-40(55)54-26-20-25-38(54)44(63-12)33(7)45(56)50-37(48(59)60)27-35-21-16-14-17-22-35/h14-19,21-24,30-34,37-39,41-44H,13,20,25-29H2,1-12H3,(H,50,56)(H,51,57)(H,59,60)/t32-,33+,34?,37-,38?,39+,41-,42-,43?,44+/m0/s1. The summed E-state index contributed by atoms with van der Waals surface area (Å²) in [5.41, 5.74) is 1.62. The highest BCUT2D eigenvalue weighted by atomic mass is 16.5. The number of hydrogen-bond acceptors (Lipinski definition) is 10. The lowest BCUT2D eigenvalue weighted by Crippen LogP contribution is -2.61. The number of aliphatic carboxylic acids is 1. The number of nitrogens with zero attached hydrogens (tertiary/aromatic N) is 3. The van der Waals surface area contributed by atoms with Crippen molar-refractivity contribution in [3.05, 3.63) is 71.8 Å². The third kappa shape index (κ3) is 14.3. The number of carbonyl (C=O) groups excluding carboxylic acids is 5. The van der Waals surface area contributed by atoms with Gasteiger partial charge in [0.05, 0.1) is 42.7 Å². The van der Waals surface area contributed by atoms with Crippen LogP contribution in [0.4, 0.5) is 0 Å². The van der Waals surface area contributed by atoms with Crippen molar-refractivity contribution in [3.63, 3.8) is 0 Å². The van der Waals surface area contributed by atoms with E-state index in [1.165, 1.54) is 14.2 Å². The van der Waals surface area contributed by atoms with E-state index in [0.29, 0.717) is 25.8 Å². The quantitative estimate of drug-likeness (QED) is 0.115. The highest BCUT2D eigenvalue weighted by Crippen LogP contribution is 2.30. The highest BCUT2D eigenvalue weighted by Gasteiger charge is 2.44. The molecule has 64 heavy (non-hydrogen) atoms. The minimum absolute atomic E-state index is 0.0635. The van der Waals surface area contributed by atoms with Crippen molar-refractivity contribution < 1.29 is 48.1 Å². The number of methoxy groups -OCH3 is 2. The second kappa shape index (κ2) is 25.6. The summed E-state index contributed by atoms with van der Waals surface area (Å²) >= 11 is 0. The van der Waals surface area contributed by atoms with Gasteiger partial charge < -0.3 is 39.8 Å². The third-order valence-corrected chi connectivity index (χ3v) is 12.9. The van der Waals surface area contributed by atoms with E-state index in [1.807, 2.05) is 90.1 Å². The van der Waals surface area contributed by atoms with Crippen molar-refractivity contribution in [2.24, 2.45) is 23.7 Å². The summed E-state index contributed by atoms with van der Waals surface area (Å²) in [7, 11) is 6.38. The van der Waals surface area contributed by atoms with Gasteiger partial charge in [0.2, 0.25) is 23.6 Å². The normalized spacial score (nSPS) is 18.3. The molecule has 1 saturated heterocycles. The Morgan fingerprint density at radius 1 is 0.812 bits per heavy atom. The molecule has 15 nitrogen and oxygen atoms in total. The molecule has 0 radical (unpaired) electrons. The summed E-state index contributed by atoms with van der Waals surface area (Å²) in [5, 5.41) is 15.6. The van der Waals surface area contributed by atoms with Crippen molar-refractivity contribution in [3.8, 4) is 0 Å². The summed E-state index contributed by atoms with van der Waals surface area (Å²) in [5.74, 6) is -4.52. The fourth-order valence-corrected chi connectivity index (χ4v) is 8.85. The number of carboxylic acids is 1. The molecule has 0 spiro atoms. The smallest absolute Gasteiger partial charge is 0.326 e. The molecular weight excluding hydrogens is 819 g/mol. The van der Waals surface area contributed by atoms with Crippen LogP contribution in [0.1, 0.15) is 92.2 Å². The van der Waals surface area contributed by atoms with Crippen LogP contribution in [0.15, 0.2) is 60.7 Å². The predicted octanol–water partition coefficient (Wildman–Crippen LogP) is 4.95. The van der Waals surface area contributed by atoms with E-state index in [-0.39, 0.29) is 49.0 Å². The van der Waals surface area contributed by atoms with Crippen LogP contribution in [-0.2, 0) is 56.0 Å². The van der Waals surface area contributed by atoms with Crippen molar-refractivity contribution in [1.29, 1.82) is 0 Å². The van der Waals surface area contributed by atoms with E-state index in [2.05, 4.69) is 10.6 Å². The Bertz CT molecular complexity index is 1810. The van der Waals surface area contributed by atoms with Gasteiger partial charge in [0.1, 0.15) is 24.7 Å². The largest absolute Gasteiger partial charge is 0.480 e. The molecule has 1 heterocycles. The Hall–Kier alpha value is -4.86. The number of nitrogens with one attached hydrogen (secondary N) is 2. The van der Waals surface area contributed by atoms with Crippen LogP contribution in [0.3, 0.4) is 0 Å². The maximum absolute atomic E-state index is 14.6. The molecule has 2 aromatic carbocycles. The molecular formula is C49H75N5O10. The summed E-state index contributed by atoms with van der Waals surface area (Å²) in [6.45, 7) is 15.4. The molecule has 1 aliphatic rings. The summed E-state index contributed by atoms with van der Waals surface area (Å²) in [6, 6.07) is 13.8. The van der Waals surface area contributed by atoms with Gasteiger partial charge in [-0.2, -0.15) is 0 Å². The van der Waals surface area contributed by atoms with E-state index in [0.717, 1.165) is 11.1 Å². The number of likely N-dealkylation sites (N-methyl/N-ethyl adjacent to an activating group) is 2. The van der Waals surface area contributed by atoms with E-state index in [9.17, 15) is 33.9 Å². The first-order valence-electron chi connectivity index (χ1n) is 22.7. The lowest BCUT2D eigenvalue weighted by Gasteiger charge is -2.41. The molecule has 0 saturated carbocycles. The fourth-order valence-electron chi connectivity index (χ4n) is 8.85. The number of hydrogen-bond donors (Lipinski definition) is 3. The zero-order valence-electron chi connectivity index (χ0n) is 40.1. The number of amides is 4. The van der Waals surface area contributed by atoms with Crippen LogP contribution in [0, 0.1) is 23.7 Å². The van der Waals surface area contributed by atoms with Crippen LogP contribution in [-0.4, -0.2) is 139 Å². The van der Waals surface area contributed by atoms with Gasteiger partial charge in [-0.1, -0.05) is 116 Å². The van der Waals surface area contributed by atoms with Crippen LogP contribution in [0.2, 0.25) is 0 Å². The number of ether oxygens (including phenoxy) is 3. The molecule has 1 aliphatic heterocycles. The van der Waals surface area contributed by atoms with Gasteiger partial charge in [0.25, 0.3) is 0 Å². The Balaban J connectivity index is 1.77. The highest BCUT2D eigenvalue weighted by molar-refractivity contribution is 5.91. The van der Waals surface area contributed by atoms with E-state index < -0.39 is 78.1 Å². The molecule has 15 heteroatoms. The molecule has 0 aliphatic carbocycles. The lowest BCUT2D eigenvalue weighted by atomic mass is 9.89. The third-order valence-electron chi connectivity index (χ3n) is 12.9. The summed E-state index contributed by atoms with van der Waals surface area (Å²) in [6.07, 6.45) is 0.521. The van der Waals surface area contributed by atoms with Crippen molar-refractivity contribution in [2.75, 3.05) is 34.9 Å². The molecule has 356 valence electrons. The average Bonchev–Trinajstić information content (AvgIpc) is 3.76. The number of benzene rings is 2. The first-order valence-corrected chi connectivity index (χ1v) is 22.7. The molecule has 3 rings (SSSR count). The molecule has 3 unspecified atom stereocenters. The first-order chi connectivity index (χ1) is 30.3. The summed E-state index contributed by atoms with van der Waals surface area (Å²) < 4.78 is 17.5. The monoisotopic (exact) mass is 894 g/mol. The zero-order chi connectivity index (χ0) is 47.8. The average molecular weight is 894 g/mol. The Labute approximate surface area is 380 Å². The van der Waals surface area contributed by atoms with E-state index in [1.54, 1.807) is 54.8 Å². The van der Waals surface area contributed by atoms with Gasteiger partial charge in [-0.25, -0.2) is 4.79 Å². The van der Waals surface area contributed by atoms with E-state index >= 15 is 0 Å². The second-order valence-electron chi connectivity index (χ2n) is 18.0. The van der Waals surface area contributed by atoms with Crippen LogP contribution in [0.5, 0.6) is 0 Å². The number of esters is 1. The predicted molar refractivity (Wildman–Crippen MR) is 245 cm³/mol. The topological polar surface area (TPSA) is 184 Å². The van der Waals surface area contributed by atoms with Gasteiger partial charge in [-0.15, -0.1) is 0 Å². The maximum atomic E-state index is 14.6. The number of carbonyl (C=O) groups is 6. The van der Waals surface area contributed by atoms with Crippen molar-refractivity contribution >= 4 is 35.6 Å². The van der Waals surface area contributed by atoms with Crippen LogP contribution < -0.4 is 10.6 Å². The Kier molecular flexibility index (Phi) is 21.4. The Morgan fingerprint density at radius 3 is 1.92 bits per heavy atom. The molecule has 1 fully saturated rings. The molecule has 0 aromatic heterocycles. The van der Waals surface area contributed by atoms with Gasteiger partial charge in [0, 0.05) is 34.2 Å². The van der Waals surface area contributed by atoms with Gasteiger partial charge in [-0.05, 0) is 55.7 Å². The molecule has 3 N–H and O–H groups in total. The second-order valence-corrected chi connectivity index (χ2v) is 18.0. The minimum atomic E-state index is -1.15.